The Hall–Kier alpha value is -2.44. The number of rotatable bonds is 6. The fraction of sp³-hybridized carbons (Fsp3) is 0.111. The van der Waals surface area contributed by atoms with Crippen LogP contribution in [0.5, 0.6) is 0 Å². The Labute approximate surface area is 152 Å². The molecule has 0 radical (unpaired) electrons. The van der Waals surface area contributed by atoms with Crippen LogP contribution in [0.1, 0.15) is 6.42 Å². The first-order valence-corrected chi connectivity index (χ1v) is 8.65. The maximum Gasteiger partial charge on any atom is 0.0603 e. The van der Waals surface area contributed by atoms with Crippen molar-refractivity contribution < 1.29 is 19.8 Å². The number of carbonyl (C=O) groups excluding carboxylic acids is 2. The van der Waals surface area contributed by atoms with Crippen LogP contribution in [-0.4, -0.2) is 22.2 Å². The van der Waals surface area contributed by atoms with E-state index in [1.165, 1.54) is 0 Å². The first-order chi connectivity index (χ1) is 12.0. The van der Waals surface area contributed by atoms with E-state index in [2.05, 4.69) is 4.98 Å². The van der Waals surface area contributed by atoms with Crippen LogP contribution in [0, 0.1) is 0 Å². The summed E-state index contributed by atoms with van der Waals surface area (Å²) in [6.07, 6.45) is -0.644. The summed E-state index contributed by atoms with van der Waals surface area (Å²) in [7, 11) is 0. The minimum absolute atomic E-state index is 0.498. The summed E-state index contributed by atoms with van der Waals surface area (Å²) < 4.78 is 0. The number of hydrogen-bond acceptors (Lipinski definition) is 5. The smallest absolute Gasteiger partial charge is 0.0603 e. The fourth-order valence-corrected chi connectivity index (χ4v) is 3.89. The molecule has 1 atom stereocenters. The van der Waals surface area contributed by atoms with Gasteiger partial charge in [-0.15, -0.1) is 11.8 Å². The van der Waals surface area contributed by atoms with Gasteiger partial charge in [-0.25, -0.2) is 0 Å². The van der Waals surface area contributed by atoms with Gasteiger partial charge in [0.2, 0.25) is 0 Å². The molecule has 0 saturated heterocycles. The Morgan fingerprint density at radius 1 is 1.12 bits per heavy atom. The molecule has 0 aliphatic carbocycles. The van der Waals surface area contributed by atoms with Gasteiger partial charge in [-0.2, -0.15) is 0 Å². The van der Waals surface area contributed by atoms with Gasteiger partial charge in [0.15, 0.2) is 0 Å². The lowest BCUT2D eigenvalue weighted by molar-refractivity contribution is -0.314. The predicted octanol–water partition coefficient (Wildman–Crippen LogP) is 1.84. The number of aromatic amines is 1. The number of carboxylic acid groups (broad SMARTS) is 2. The Balaban J connectivity index is 2.15. The van der Waals surface area contributed by atoms with Gasteiger partial charge < -0.3 is 24.8 Å². The zero-order valence-corrected chi connectivity index (χ0v) is 14.4. The van der Waals surface area contributed by atoms with Crippen LogP contribution in [0.25, 0.3) is 22.2 Å². The van der Waals surface area contributed by atoms with Gasteiger partial charge in [-0.05, 0) is 23.8 Å². The summed E-state index contributed by atoms with van der Waals surface area (Å²) in [5, 5.41) is 22.2. The van der Waals surface area contributed by atoms with E-state index < -0.39 is 23.6 Å². The third kappa shape index (κ3) is 3.81. The molecular weight excluding hydrogens is 362 g/mol. The number of carboxylic acids is 2. The number of hydrogen-bond donors (Lipinski definition) is 1. The van der Waals surface area contributed by atoms with E-state index in [4.69, 9.17) is 11.6 Å². The number of aliphatic carboxylic acids is 2. The second-order valence-electron chi connectivity index (χ2n) is 5.39. The molecule has 25 heavy (non-hydrogen) atoms. The van der Waals surface area contributed by atoms with Crippen LogP contribution in [0.15, 0.2) is 53.4 Å². The highest BCUT2D eigenvalue weighted by Gasteiger charge is 2.20. The number of benzene rings is 2. The van der Waals surface area contributed by atoms with Crippen LogP contribution in [-0.2, 0) is 9.59 Å². The maximum absolute atomic E-state index is 11.4. The van der Waals surface area contributed by atoms with E-state index in [0.717, 1.165) is 28.2 Å². The van der Waals surface area contributed by atoms with Gasteiger partial charge >= 0.3 is 0 Å². The summed E-state index contributed by atoms with van der Waals surface area (Å²) in [5.41, 5.74) is 2.33. The molecule has 128 valence electrons. The van der Waals surface area contributed by atoms with E-state index in [9.17, 15) is 19.8 Å². The van der Waals surface area contributed by atoms with Crippen molar-refractivity contribution in [3.63, 3.8) is 0 Å². The molecule has 1 unspecified atom stereocenters. The molecule has 0 aliphatic heterocycles. The third-order valence-electron chi connectivity index (χ3n) is 3.65. The lowest BCUT2D eigenvalue weighted by Crippen LogP contribution is -2.38. The maximum atomic E-state index is 11.4. The molecule has 3 rings (SSSR count). The van der Waals surface area contributed by atoms with Crippen LogP contribution in [0.2, 0.25) is 5.02 Å². The van der Waals surface area contributed by atoms with E-state index in [1.807, 2.05) is 30.3 Å². The van der Waals surface area contributed by atoms with Gasteiger partial charge in [-0.3, -0.25) is 0 Å². The monoisotopic (exact) mass is 373 g/mol. The zero-order chi connectivity index (χ0) is 18.0. The Morgan fingerprint density at radius 2 is 1.84 bits per heavy atom. The molecule has 0 bridgehead atoms. The molecule has 1 aromatic heterocycles. The number of H-pyrrole nitrogens is 1. The number of carbonyl (C=O) groups is 2. The number of aromatic nitrogens is 1. The Morgan fingerprint density at radius 3 is 2.48 bits per heavy atom. The Bertz CT molecular complexity index is 939. The first-order valence-electron chi connectivity index (χ1n) is 7.39. The van der Waals surface area contributed by atoms with E-state index >= 15 is 0 Å². The molecule has 0 saturated carbocycles. The molecular formula is C18H12ClNO4S-2. The van der Waals surface area contributed by atoms with Gasteiger partial charge in [0.25, 0.3) is 0 Å². The summed E-state index contributed by atoms with van der Waals surface area (Å²) in [4.78, 5) is 26.1. The lowest BCUT2D eigenvalue weighted by atomic mass is 10.1. The molecule has 0 aliphatic rings. The van der Waals surface area contributed by atoms with E-state index in [0.29, 0.717) is 15.6 Å². The normalized spacial score (nSPS) is 12.2. The molecule has 3 aromatic rings. The minimum Gasteiger partial charge on any atom is -0.550 e. The number of fused-ring (bicyclic) bond motifs is 1. The van der Waals surface area contributed by atoms with E-state index in [1.54, 1.807) is 18.2 Å². The summed E-state index contributed by atoms with van der Waals surface area (Å²) in [5.74, 6) is -2.90. The quantitative estimate of drug-likeness (QED) is 0.665. The summed E-state index contributed by atoms with van der Waals surface area (Å²) in [6, 6.07) is 14.6. The van der Waals surface area contributed by atoms with Crippen molar-refractivity contribution in [1.82, 2.24) is 4.98 Å². The minimum atomic E-state index is -1.45. The number of thioether (sulfide) groups is 1. The lowest BCUT2D eigenvalue weighted by Gasteiger charge is -2.18. The van der Waals surface area contributed by atoms with Crippen LogP contribution in [0.3, 0.4) is 0 Å². The second kappa shape index (κ2) is 7.21. The van der Waals surface area contributed by atoms with Gasteiger partial charge in [-0.1, -0.05) is 41.9 Å². The van der Waals surface area contributed by atoms with Gasteiger partial charge in [0, 0.05) is 33.2 Å². The molecule has 5 nitrogen and oxygen atoms in total. The van der Waals surface area contributed by atoms with Crippen LogP contribution >= 0.6 is 23.4 Å². The number of nitrogens with one attached hydrogen (secondary N) is 1. The molecule has 1 N–H and O–H groups in total. The SMILES string of the molecule is O=C([O-])CC(Sc1c(-c2ccccc2)[nH]c2ccc(Cl)cc12)C(=O)[O-]. The van der Waals surface area contributed by atoms with Crippen molar-refractivity contribution in [2.24, 2.45) is 0 Å². The Kier molecular flexibility index (Phi) is 5.01. The van der Waals surface area contributed by atoms with Gasteiger partial charge in [0.1, 0.15) is 0 Å². The average Bonchev–Trinajstić information content (AvgIpc) is 2.92. The first kappa shape index (κ1) is 17.4. The third-order valence-corrected chi connectivity index (χ3v) is 5.19. The molecule has 0 spiro atoms. The zero-order valence-electron chi connectivity index (χ0n) is 12.8. The molecule has 0 amide bonds. The van der Waals surface area contributed by atoms with Crippen molar-refractivity contribution in [2.75, 3.05) is 0 Å². The largest absolute Gasteiger partial charge is 0.550 e. The van der Waals surface area contributed by atoms with Crippen LogP contribution < -0.4 is 10.2 Å². The van der Waals surface area contributed by atoms with Crippen LogP contribution in [0.4, 0.5) is 0 Å². The highest BCUT2D eigenvalue weighted by atomic mass is 35.5. The van der Waals surface area contributed by atoms with Crippen molar-refractivity contribution in [3.05, 3.63) is 53.6 Å². The second-order valence-corrected chi connectivity index (χ2v) is 7.04. The average molecular weight is 374 g/mol. The highest BCUT2D eigenvalue weighted by Crippen LogP contribution is 2.41. The van der Waals surface area contributed by atoms with Crippen molar-refractivity contribution >= 4 is 46.2 Å². The number of halogens is 1. The fourth-order valence-electron chi connectivity index (χ4n) is 2.54. The van der Waals surface area contributed by atoms with Crippen molar-refractivity contribution in [3.8, 4) is 11.3 Å². The standard InChI is InChI=1S/C18H14ClNO4S/c19-11-6-7-13-12(8-11)17(25-14(18(23)24)9-15(21)22)16(20-13)10-4-2-1-3-5-10/h1-8,14,20H,9H2,(H,21,22)(H,23,24)/p-2. The molecule has 7 heteroatoms. The summed E-state index contributed by atoms with van der Waals surface area (Å²) in [6.45, 7) is 0. The van der Waals surface area contributed by atoms with Gasteiger partial charge in [0.05, 0.1) is 16.9 Å². The molecule has 1 heterocycles. The molecule has 0 fully saturated rings. The predicted molar refractivity (Wildman–Crippen MR) is 93.0 cm³/mol. The van der Waals surface area contributed by atoms with E-state index in [-0.39, 0.29) is 0 Å². The van der Waals surface area contributed by atoms with Crippen molar-refractivity contribution in [1.29, 1.82) is 0 Å². The highest BCUT2D eigenvalue weighted by molar-refractivity contribution is 8.01. The van der Waals surface area contributed by atoms with Crippen molar-refractivity contribution in [2.45, 2.75) is 16.6 Å². The summed E-state index contributed by atoms with van der Waals surface area (Å²) >= 11 is 6.99. The topological polar surface area (TPSA) is 96.0 Å². The molecule has 2 aromatic carbocycles.